The minimum Gasteiger partial charge on any atom is -0.449 e. The molecule has 0 fully saturated rings. The number of nitrogens with one attached hydrogen (secondary N) is 1. The summed E-state index contributed by atoms with van der Waals surface area (Å²) in [6.45, 7) is 1.75. The van der Waals surface area contributed by atoms with Gasteiger partial charge in [0.05, 0.1) is 29.0 Å². The summed E-state index contributed by atoms with van der Waals surface area (Å²) in [4.78, 5) is 13.0. The van der Waals surface area contributed by atoms with Gasteiger partial charge in [0.1, 0.15) is 12.0 Å². The van der Waals surface area contributed by atoms with Gasteiger partial charge < -0.3 is 4.42 Å². The average Bonchev–Trinajstić information content (AvgIpc) is 3.35. The maximum atomic E-state index is 12.7. The molecule has 3 heterocycles. The van der Waals surface area contributed by atoms with Crippen molar-refractivity contribution in [2.24, 2.45) is 7.05 Å². The summed E-state index contributed by atoms with van der Waals surface area (Å²) >= 11 is 0. The van der Waals surface area contributed by atoms with E-state index in [1.807, 2.05) is 0 Å². The number of nitrogens with zero attached hydrogens (tertiary/aromatic N) is 5. The maximum Gasteiger partial charge on any atom is 0.240 e. The van der Waals surface area contributed by atoms with Gasteiger partial charge in [-0.15, -0.1) is 0 Å². The predicted molar refractivity (Wildman–Crippen MR) is 105 cm³/mol. The lowest BCUT2D eigenvalue weighted by molar-refractivity contribution is 0.521. The zero-order chi connectivity index (χ0) is 20.4. The number of oxazole rings is 1. The van der Waals surface area contributed by atoms with E-state index in [0.717, 1.165) is 11.1 Å². The van der Waals surface area contributed by atoms with Gasteiger partial charge in [-0.1, -0.05) is 12.1 Å². The molecule has 3 aromatic heterocycles. The van der Waals surface area contributed by atoms with Crippen LogP contribution in [0.1, 0.15) is 11.6 Å². The monoisotopic (exact) mass is 410 g/mol. The zero-order valence-corrected chi connectivity index (χ0v) is 16.6. The van der Waals surface area contributed by atoms with Crippen LogP contribution in [-0.4, -0.2) is 33.2 Å². The van der Waals surface area contributed by atoms with Crippen LogP contribution in [0.2, 0.25) is 0 Å². The molecule has 4 aromatic rings. The third-order valence-electron chi connectivity index (χ3n) is 4.26. The van der Waals surface area contributed by atoms with Gasteiger partial charge in [-0.2, -0.15) is 5.10 Å². The van der Waals surface area contributed by atoms with Crippen molar-refractivity contribution < 1.29 is 12.8 Å². The highest BCUT2D eigenvalue weighted by atomic mass is 32.2. The smallest absolute Gasteiger partial charge is 0.240 e. The molecule has 0 amide bonds. The van der Waals surface area contributed by atoms with E-state index in [9.17, 15) is 8.42 Å². The van der Waals surface area contributed by atoms with E-state index in [2.05, 4.69) is 24.8 Å². The lowest BCUT2D eigenvalue weighted by atomic mass is 10.2. The summed E-state index contributed by atoms with van der Waals surface area (Å²) < 4.78 is 34.8. The molecular formula is C19H18N6O3S. The Hall–Kier alpha value is -3.37. The number of hydrogen-bond donors (Lipinski definition) is 1. The Morgan fingerprint density at radius 1 is 1.10 bits per heavy atom. The highest BCUT2D eigenvalue weighted by molar-refractivity contribution is 7.89. The van der Waals surface area contributed by atoms with Crippen molar-refractivity contribution in [2.45, 2.75) is 18.4 Å². The highest BCUT2D eigenvalue weighted by Gasteiger charge is 2.17. The Bertz CT molecular complexity index is 1240. The second kappa shape index (κ2) is 7.57. The maximum absolute atomic E-state index is 12.7. The fourth-order valence-electron chi connectivity index (χ4n) is 2.83. The molecule has 9 nitrogen and oxygen atoms in total. The molecule has 0 aliphatic heterocycles. The molecule has 0 atom stereocenters. The summed E-state index contributed by atoms with van der Waals surface area (Å²) in [5.41, 5.74) is 3.29. The summed E-state index contributed by atoms with van der Waals surface area (Å²) in [6.07, 6.45) is 8.08. The lowest BCUT2D eigenvalue weighted by Gasteiger charge is -2.09. The molecule has 0 saturated heterocycles. The van der Waals surface area contributed by atoms with Gasteiger partial charge in [0.25, 0.3) is 0 Å². The number of benzene rings is 1. The van der Waals surface area contributed by atoms with Crippen LogP contribution in [-0.2, 0) is 23.6 Å². The number of hydrogen-bond acceptors (Lipinski definition) is 7. The topological polar surface area (TPSA) is 116 Å². The normalized spacial score (nSPS) is 11.7. The SMILES string of the molecule is Cc1nc(-c2ccc(S(=O)(=O)NCc3nccnc3-c3cnn(C)c3)cc2)co1. The highest BCUT2D eigenvalue weighted by Crippen LogP contribution is 2.22. The molecule has 1 aromatic carbocycles. The molecular weight excluding hydrogens is 392 g/mol. The Morgan fingerprint density at radius 2 is 1.86 bits per heavy atom. The van der Waals surface area contributed by atoms with E-state index in [1.165, 1.54) is 24.6 Å². The first-order valence-corrected chi connectivity index (χ1v) is 10.2. The van der Waals surface area contributed by atoms with E-state index in [1.54, 1.807) is 49.4 Å². The summed E-state index contributed by atoms with van der Waals surface area (Å²) in [5, 5.41) is 4.12. The van der Waals surface area contributed by atoms with Crippen molar-refractivity contribution in [3.8, 4) is 22.5 Å². The van der Waals surface area contributed by atoms with Crippen molar-refractivity contribution in [3.63, 3.8) is 0 Å². The van der Waals surface area contributed by atoms with Crippen LogP contribution >= 0.6 is 0 Å². The molecule has 0 radical (unpaired) electrons. The fraction of sp³-hybridized carbons (Fsp3) is 0.158. The second-order valence-electron chi connectivity index (χ2n) is 6.36. The Morgan fingerprint density at radius 3 is 2.52 bits per heavy atom. The first-order valence-electron chi connectivity index (χ1n) is 8.73. The molecule has 4 rings (SSSR count). The van der Waals surface area contributed by atoms with Crippen LogP contribution in [0.15, 0.2) is 64.6 Å². The number of rotatable bonds is 6. The summed E-state index contributed by atoms with van der Waals surface area (Å²) in [7, 11) is -1.93. The molecule has 0 aliphatic rings. The Balaban J connectivity index is 1.53. The minimum atomic E-state index is -3.73. The van der Waals surface area contributed by atoms with E-state index < -0.39 is 10.0 Å². The van der Waals surface area contributed by atoms with Crippen LogP contribution in [0.3, 0.4) is 0 Å². The Labute approximate surface area is 167 Å². The molecule has 0 saturated carbocycles. The van der Waals surface area contributed by atoms with Gasteiger partial charge in [0, 0.05) is 43.7 Å². The molecule has 0 spiro atoms. The van der Waals surface area contributed by atoms with E-state index >= 15 is 0 Å². The second-order valence-corrected chi connectivity index (χ2v) is 8.12. The van der Waals surface area contributed by atoms with E-state index in [0.29, 0.717) is 23.0 Å². The van der Waals surface area contributed by atoms with Crippen molar-refractivity contribution in [2.75, 3.05) is 0 Å². The van der Waals surface area contributed by atoms with E-state index in [4.69, 9.17) is 4.42 Å². The van der Waals surface area contributed by atoms with Crippen molar-refractivity contribution >= 4 is 10.0 Å². The van der Waals surface area contributed by atoms with Gasteiger partial charge in [-0.3, -0.25) is 14.6 Å². The van der Waals surface area contributed by atoms with E-state index in [-0.39, 0.29) is 11.4 Å². The predicted octanol–water partition coefficient (Wildman–Crippen LogP) is 2.32. The third-order valence-corrected chi connectivity index (χ3v) is 5.68. The van der Waals surface area contributed by atoms with Gasteiger partial charge >= 0.3 is 0 Å². The average molecular weight is 410 g/mol. The number of sulfonamides is 1. The van der Waals surface area contributed by atoms with Crippen LogP contribution < -0.4 is 4.72 Å². The number of aryl methyl sites for hydroxylation is 2. The Kier molecular flexibility index (Phi) is 4.95. The minimum absolute atomic E-state index is 0.00460. The molecule has 0 aliphatic carbocycles. The first kappa shape index (κ1) is 19.0. The van der Waals surface area contributed by atoms with Gasteiger partial charge in [0.2, 0.25) is 10.0 Å². The van der Waals surface area contributed by atoms with Crippen LogP contribution in [0.4, 0.5) is 0 Å². The first-order chi connectivity index (χ1) is 13.9. The standard InChI is InChI=1S/C19H18N6O3S/c1-13-24-18(12-28-13)14-3-5-16(6-4-14)29(26,27)23-10-17-19(21-8-7-20-17)15-9-22-25(2)11-15/h3-9,11-12,23H,10H2,1-2H3. The van der Waals surface area contributed by atoms with Gasteiger partial charge in [-0.05, 0) is 12.1 Å². The molecule has 0 unspecified atom stereocenters. The van der Waals surface area contributed by atoms with Crippen molar-refractivity contribution in [1.82, 2.24) is 29.5 Å². The van der Waals surface area contributed by atoms with Gasteiger partial charge in [0.15, 0.2) is 5.89 Å². The third kappa shape index (κ3) is 4.08. The van der Waals surface area contributed by atoms with Crippen molar-refractivity contribution in [3.05, 3.63) is 66.9 Å². The quantitative estimate of drug-likeness (QED) is 0.518. The lowest BCUT2D eigenvalue weighted by Crippen LogP contribution is -2.24. The molecule has 148 valence electrons. The largest absolute Gasteiger partial charge is 0.449 e. The fourth-order valence-corrected chi connectivity index (χ4v) is 3.82. The molecule has 10 heteroatoms. The summed E-state index contributed by atoms with van der Waals surface area (Å²) in [5.74, 6) is 0.548. The summed E-state index contributed by atoms with van der Waals surface area (Å²) in [6, 6.07) is 6.44. The number of aromatic nitrogens is 5. The van der Waals surface area contributed by atoms with Crippen LogP contribution in [0, 0.1) is 6.92 Å². The zero-order valence-electron chi connectivity index (χ0n) is 15.8. The van der Waals surface area contributed by atoms with Crippen molar-refractivity contribution in [1.29, 1.82) is 0 Å². The van der Waals surface area contributed by atoms with Crippen LogP contribution in [0.25, 0.3) is 22.5 Å². The molecule has 29 heavy (non-hydrogen) atoms. The molecule has 1 N–H and O–H groups in total. The molecule has 0 bridgehead atoms. The van der Waals surface area contributed by atoms with Gasteiger partial charge in [-0.25, -0.2) is 18.1 Å². The van der Waals surface area contributed by atoms with Crippen LogP contribution in [0.5, 0.6) is 0 Å².